The Labute approximate surface area is 108 Å². The number of carboxylic acid groups (broad SMARTS) is 1. The van der Waals surface area contributed by atoms with Crippen LogP contribution in [0.4, 0.5) is 4.79 Å². The van der Waals surface area contributed by atoms with Gasteiger partial charge in [-0.1, -0.05) is 0 Å². The number of amides is 2. The first-order chi connectivity index (χ1) is 8.61. The van der Waals surface area contributed by atoms with E-state index in [1.54, 1.807) is 4.90 Å². The third-order valence-electron chi connectivity index (χ3n) is 3.27. The van der Waals surface area contributed by atoms with E-state index in [9.17, 15) is 9.59 Å². The van der Waals surface area contributed by atoms with Crippen molar-refractivity contribution in [2.75, 3.05) is 26.7 Å². The number of nitrogens with one attached hydrogen (secondary N) is 2. The lowest BCUT2D eigenvalue weighted by atomic mass is 10.1. The summed E-state index contributed by atoms with van der Waals surface area (Å²) in [6.07, 6.45) is 3.46. The molecular weight excluding hydrogens is 234 g/mol. The predicted octanol–water partition coefficient (Wildman–Crippen LogP) is 0.635. The summed E-state index contributed by atoms with van der Waals surface area (Å²) in [5.41, 5.74) is 0. The van der Waals surface area contributed by atoms with Crippen molar-refractivity contribution in [2.24, 2.45) is 0 Å². The topological polar surface area (TPSA) is 81.7 Å². The van der Waals surface area contributed by atoms with E-state index >= 15 is 0 Å². The lowest BCUT2D eigenvalue weighted by Crippen LogP contribution is -2.48. The zero-order chi connectivity index (χ0) is 13.4. The van der Waals surface area contributed by atoms with E-state index in [4.69, 9.17) is 5.11 Å². The van der Waals surface area contributed by atoms with Gasteiger partial charge >= 0.3 is 12.0 Å². The van der Waals surface area contributed by atoms with Gasteiger partial charge in [-0.3, -0.25) is 4.79 Å². The van der Waals surface area contributed by atoms with Gasteiger partial charge in [-0.25, -0.2) is 4.79 Å². The number of hydrogen-bond donors (Lipinski definition) is 3. The third-order valence-corrected chi connectivity index (χ3v) is 3.27. The molecule has 1 aliphatic rings. The van der Waals surface area contributed by atoms with Crippen molar-refractivity contribution in [3.63, 3.8) is 0 Å². The van der Waals surface area contributed by atoms with Crippen LogP contribution in [0.25, 0.3) is 0 Å². The summed E-state index contributed by atoms with van der Waals surface area (Å²) in [7, 11) is 1.82. The standard InChI is InChI=1S/C12H23N3O3/c1-15(10-5-8-13-9-6-10)12(18)14-7-3-2-4-11(16)17/h10,13H,2-9H2,1H3,(H,14,18)(H,16,17). The van der Waals surface area contributed by atoms with Crippen LogP contribution in [0.5, 0.6) is 0 Å². The molecule has 6 nitrogen and oxygen atoms in total. The summed E-state index contributed by atoms with van der Waals surface area (Å²) < 4.78 is 0. The second-order valence-electron chi connectivity index (χ2n) is 4.67. The zero-order valence-corrected chi connectivity index (χ0v) is 10.9. The minimum Gasteiger partial charge on any atom is -0.481 e. The molecule has 2 amide bonds. The number of piperidine rings is 1. The molecule has 0 spiro atoms. The molecule has 0 atom stereocenters. The van der Waals surface area contributed by atoms with Gasteiger partial charge in [-0.2, -0.15) is 0 Å². The first-order valence-corrected chi connectivity index (χ1v) is 6.54. The van der Waals surface area contributed by atoms with Gasteiger partial charge in [0.25, 0.3) is 0 Å². The number of carboxylic acids is 1. The molecule has 6 heteroatoms. The summed E-state index contributed by atoms with van der Waals surface area (Å²) in [5.74, 6) is -0.784. The fourth-order valence-electron chi connectivity index (χ4n) is 2.08. The molecular formula is C12H23N3O3. The second kappa shape index (κ2) is 7.92. The van der Waals surface area contributed by atoms with Crippen LogP contribution in [-0.2, 0) is 4.79 Å². The quantitative estimate of drug-likeness (QED) is 0.610. The van der Waals surface area contributed by atoms with Crippen molar-refractivity contribution in [1.29, 1.82) is 0 Å². The van der Waals surface area contributed by atoms with E-state index in [0.29, 0.717) is 25.4 Å². The lowest BCUT2D eigenvalue weighted by Gasteiger charge is -2.31. The summed E-state index contributed by atoms with van der Waals surface area (Å²) >= 11 is 0. The van der Waals surface area contributed by atoms with Crippen molar-refractivity contribution in [2.45, 2.75) is 38.1 Å². The van der Waals surface area contributed by atoms with Crippen LogP contribution in [-0.4, -0.2) is 54.7 Å². The highest BCUT2D eigenvalue weighted by Crippen LogP contribution is 2.09. The molecule has 0 unspecified atom stereocenters. The van der Waals surface area contributed by atoms with Gasteiger partial charge in [0.05, 0.1) is 0 Å². The molecule has 1 aliphatic heterocycles. The molecule has 1 saturated heterocycles. The number of nitrogens with zero attached hydrogens (tertiary/aromatic N) is 1. The SMILES string of the molecule is CN(C(=O)NCCCCC(=O)O)C1CCNCC1. The molecule has 0 bridgehead atoms. The first-order valence-electron chi connectivity index (χ1n) is 6.54. The highest BCUT2D eigenvalue weighted by Gasteiger charge is 2.21. The summed E-state index contributed by atoms with van der Waals surface area (Å²) in [4.78, 5) is 23.9. The molecule has 1 rings (SSSR count). The van der Waals surface area contributed by atoms with Crippen molar-refractivity contribution in [3.05, 3.63) is 0 Å². The Kier molecular flexibility index (Phi) is 6.49. The predicted molar refractivity (Wildman–Crippen MR) is 68.5 cm³/mol. The van der Waals surface area contributed by atoms with Crippen LogP contribution in [0, 0.1) is 0 Å². The molecule has 1 fully saturated rings. The molecule has 0 aromatic rings. The molecule has 3 N–H and O–H groups in total. The van der Waals surface area contributed by atoms with E-state index in [1.165, 1.54) is 0 Å². The molecule has 1 heterocycles. The molecule has 0 aromatic heterocycles. The molecule has 18 heavy (non-hydrogen) atoms. The zero-order valence-electron chi connectivity index (χ0n) is 10.9. The first kappa shape index (κ1) is 14.8. The maximum atomic E-state index is 11.8. The van der Waals surface area contributed by atoms with Crippen molar-refractivity contribution in [3.8, 4) is 0 Å². The Hall–Kier alpha value is -1.30. The smallest absolute Gasteiger partial charge is 0.317 e. The fraction of sp³-hybridized carbons (Fsp3) is 0.833. The Bertz CT molecular complexity index is 278. The molecule has 0 aliphatic carbocycles. The third kappa shape index (κ3) is 5.35. The maximum absolute atomic E-state index is 11.8. The van der Waals surface area contributed by atoms with Gasteiger partial charge in [-0.15, -0.1) is 0 Å². The van der Waals surface area contributed by atoms with Gasteiger partial charge in [-0.05, 0) is 38.8 Å². The van der Waals surface area contributed by atoms with Crippen LogP contribution in [0.2, 0.25) is 0 Å². The van der Waals surface area contributed by atoms with Crippen LogP contribution in [0.15, 0.2) is 0 Å². The number of aliphatic carboxylic acids is 1. The van der Waals surface area contributed by atoms with Crippen molar-refractivity contribution < 1.29 is 14.7 Å². The second-order valence-corrected chi connectivity index (χ2v) is 4.67. The Morgan fingerprint density at radius 2 is 2.00 bits per heavy atom. The van der Waals surface area contributed by atoms with Crippen molar-refractivity contribution in [1.82, 2.24) is 15.5 Å². The van der Waals surface area contributed by atoms with Crippen molar-refractivity contribution >= 4 is 12.0 Å². The van der Waals surface area contributed by atoms with E-state index in [2.05, 4.69) is 10.6 Å². The van der Waals surface area contributed by atoms with Gasteiger partial charge < -0.3 is 20.6 Å². The fourth-order valence-corrected chi connectivity index (χ4v) is 2.08. The normalized spacial score (nSPS) is 16.3. The lowest BCUT2D eigenvalue weighted by molar-refractivity contribution is -0.137. The van der Waals surface area contributed by atoms with E-state index < -0.39 is 5.97 Å². The van der Waals surface area contributed by atoms with Gasteiger partial charge in [0.15, 0.2) is 0 Å². The number of urea groups is 1. The minimum absolute atomic E-state index is 0.0581. The Morgan fingerprint density at radius 1 is 1.33 bits per heavy atom. The molecule has 0 saturated carbocycles. The average molecular weight is 257 g/mol. The van der Waals surface area contributed by atoms with Crippen LogP contribution < -0.4 is 10.6 Å². The summed E-state index contributed by atoms with van der Waals surface area (Å²) in [5, 5.41) is 14.6. The molecule has 104 valence electrons. The summed E-state index contributed by atoms with van der Waals surface area (Å²) in [6, 6.07) is 0.252. The number of carbonyl (C=O) groups is 2. The summed E-state index contributed by atoms with van der Waals surface area (Å²) in [6.45, 7) is 2.46. The Balaban J connectivity index is 2.13. The van der Waals surface area contributed by atoms with E-state index in [0.717, 1.165) is 25.9 Å². The Morgan fingerprint density at radius 3 is 2.61 bits per heavy atom. The van der Waals surface area contributed by atoms with E-state index in [1.807, 2.05) is 7.05 Å². The number of unbranched alkanes of at least 4 members (excludes halogenated alkanes) is 1. The number of rotatable bonds is 6. The van der Waals surface area contributed by atoms with Gasteiger partial charge in [0.1, 0.15) is 0 Å². The largest absolute Gasteiger partial charge is 0.481 e. The highest BCUT2D eigenvalue weighted by atomic mass is 16.4. The monoisotopic (exact) mass is 257 g/mol. The van der Waals surface area contributed by atoms with Gasteiger partial charge in [0.2, 0.25) is 0 Å². The molecule has 0 aromatic carbocycles. The number of hydrogen-bond acceptors (Lipinski definition) is 3. The highest BCUT2D eigenvalue weighted by molar-refractivity contribution is 5.74. The van der Waals surface area contributed by atoms with Crippen LogP contribution in [0.3, 0.4) is 0 Å². The average Bonchev–Trinajstić information content (AvgIpc) is 2.38. The maximum Gasteiger partial charge on any atom is 0.317 e. The molecule has 0 radical (unpaired) electrons. The van der Waals surface area contributed by atoms with E-state index in [-0.39, 0.29) is 12.5 Å². The van der Waals surface area contributed by atoms with Crippen LogP contribution in [0.1, 0.15) is 32.1 Å². The van der Waals surface area contributed by atoms with Crippen LogP contribution >= 0.6 is 0 Å². The van der Waals surface area contributed by atoms with Gasteiger partial charge in [0, 0.05) is 26.1 Å². The minimum atomic E-state index is -0.784. The number of carbonyl (C=O) groups excluding carboxylic acids is 1.